The van der Waals surface area contributed by atoms with Crippen LogP contribution in [0.25, 0.3) is 0 Å². The van der Waals surface area contributed by atoms with E-state index in [1.807, 2.05) is 31.3 Å². The fourth-order valence-corrected chi connectivity index (χ4v) is 4.76. The summed E-state index contributed by atoms with van der Waals surface area (Å²) in [6.07, 6.45) is 6.30. The van der Waals surface area contributed by atoms with Crippen LogP contribution in [0.2, 0.25) is 0 Å². The molecule has 3 heterocycles. The van der Waals surface area contributed by atoms with Gasteiger partial charge in [-0.3, -0.25) is 4.79 Å². The van der Waals surface area contributed by atoms with Crippen molar-refractivity contribution in [2.45, 2.75) is 38.1 Å². The molecule has 0 N–H and O–H groups in total. The molecule has 2 fully saturated rings. The van der Waals surface area contributed by atoms with Crippen molar-refractivity contribution in [2.75, 3.05) is 38.8 Å². The van der Waals surface area contributed by atoms with E-state index in [-0.39, 0.29) is 11.5 Å². The minimum absolute atomic E-state index is 0.139. The highest BCUT2D eigenvalue weighted by atomic mass is 16.5. The number of pyridine rings is 1. The Hall–Kier alpha value is -2.40. The molecule has 2 aliphatic rings. The van der Waals surface area contributed by atoms with Gasteiger partial charge in [-0.1, -0.05) is 30.3 Å². The molecule has 1 amide bonds. The molecule has 0 aliphatic carbocycles. The molecule has 0 unspecified atom stereocenters. The smallest absolute Gasteiger partial charge is 0.229 e. The first-order chi connectivity index (χ1) is 14.1. The molecule has 0 bridgehead atoms. The Bertz CT molecular complexity index is 831. The molecule has 0 radical (unpaired) electrons. The third-order valence-electron chi connectivity index (χ3n) is 6.42. The van der Waals surface area contributed by atoms with Crippen LogP contribution in [-0.4, -0.2) is 49.6 Å². The van der Waals surface area contributed by atoms with Gasteiger partial charge in [0, 0.05) is 40.1 Å². The maximum atomic E-state index is 14.0. The normalized spacial score (nSPS) is 21.2. The van der Waals surface area contributed by atoms with Gasteiger partial charge in [-0.2, -0.15) is 0 Å². The number of carbonyl (C=O) groups is 1. The summed E-state index contributed by atoms with van der Waals surface area (Å²) in [5.41, 5.74) is 2.06. The van der Waals surface area contributed by atoms with Crippen LogP contribution in [-0.2, 0) is 16.0 Å². The lowest BCUT2D eigenvalue weighted by molar-refractivity contribution is -0.149. The third-order valence-corrected chi connectivity index (χ3v) is 6.42. The van der Waals surface area contributed by atoms with Gasteiger partial charge in [0.05, 0.1) is 11.5 Å². The van der Waals surface area contributed by atoms with Crippen molar-refractivity contribution >= 4 is 11.7 Å². The molecule has 2 aliphatic heterocycles. The average Bonchev–Trinajstić information content (AvgIpc) is 3.24. The summed E-state index contributed by atoms with van der Waals surface area (Å²) in [4.78, 5) is 22.6. The summed E-state index contributed by atoms with van der Waals surface area (Å²) >= 11 is 0. The molecule has 5 heteroatoms. The van der Waals surface area contributed by atoms with Crippen LogP contribution >= 0.6 is 0 Å². The monoisotopic (exact) mass is 393 g/mol. The van der Waals surface area contributed by atoms with Gasteiger partial charge in [-0.05, 0) is 55.4 Å². The van der Waals surface area contributed by atoms with E-state index in [0.29, 0.717) is 19.1 Å². The Morgan fingerprint density at radius 2 is 1.97 bits per heavy atom. The Labute approximate surface area is 173 Å². The van der Waals surface area contributed by atoms with Crippen molar-refractivity contribution in [3.8, 4) is 0 Å². The number of nitrogens with zero attached hydrogens (tertiary/aromatic N) is 3. The van der Waals surface area contributed by atoms with Gasteiger partial charge in [0.15, 0.2) is 0 Å². The van der Waals surface area contributed by atoms with Crippen LogP contribution in [0.5, 0.6) is 0 Å². The van der Waals surface area contributed by atoms with Gasteiger partial charge < -0.3 is 14.5 Å². The summed E-state index contributed by atoms with van der Waals surface area (Å²) in [6, 6.07) is 14.8. The zero-order valence-corrected chi connectivity index (χ0v) is 17.5. The van der Waals surface area contributed by atoms with Crippen molar-refractivity contribution in [1.29, 1.82) is 0 Å². The number of ether oxygens (including phenoxy) is 1. The van der Waals surface area contributed by atoms with Gasteiger partial charge in [-0.15, -0.1) is 0 Å². The quantitative estimate of drug-likeness (QED) is 0.774. The van der Waals surface area contributed by atoms with E-state index in [2.05, 4.69) is 46.3 Å². The number of amides is 1. The Kier molecular flexibility index (Phi) is 5.86. The first-order valence-corrected chi connectivity index (χ1v) is 10.7. The van der Waals surface area contributed by atoms with Crippen LogP contribution < -0.4 is 4.90 Å². The highest BCUT2D eigenvalue weighted by Gasteiger charge is 2.45. The van der Waals surface area contributed by atoms with Crippen molar-refractivity contribution in [2.24, 2.45) is 5.41 Å². The molecule has 1 aromatic carbocycles. The van der Waals surface area contributed by atoms with E-state index in [0.717, 1.165) is 44.5 Å². The Morgan fingerprint density at radius 1 is 1.21 bits per heavy atom. The van der Waals surface area contributed by atoms with E-state index in [1.165, 1.54) is 11.1 Å². The zero-order chi connectivity index (χ0) is 20.3. The molecule has 2 aromatic rings. The molecule has 0 saturated carbocycles. The van der Waals surface area contributed by atoms with Gasteiger partial charge in [-0.25, -0.2) is 4.98 Å². The molecule has 4 rings (SSSR count). The predicted octanol–water partition coefficient (Wildman–Crippen LogP) is 3.85. The standard InChI is InChI=1S/C24H31N3O2/c1-26(2)22-17-20(10-13-25-22)21-9-6-14-27(21)23(28)24(11-15-29-16-12-24)18-19-7-4-3-5-8-19/h3-5,7-8,10,13,17,21H,6,9,11-12,14-16,18H2,1-2H3/t21-/m1/s1. The summed E-state index contributed by atoms with van der Waals surface area (Å²) in [5.74, 6) is 1.24. The SMILES string of the molecule is CN(C)c1cc([C@H]2CCCN2C(=O)C2(Cc3ccccc3)CCOCC2)ccn1. The predicted molar refractivity (Wildman–Crippen MR) is 115 cm³/mol. The second-order valence-corrected chi connectivity index (χ2v) is 8.55. The van der Waals surface area contributed by atoms with E-state index in [4.69, 9.17) is 4.74 Å². The fourth-order valence-electron chi connectivity index (χ4n) is 4.76. The van der Waals surface area contributed by atoms with E-state index < -0.39 is 0 Å². The van der Waals surface area contributed by atoms with Gasteiger partial charge in [0.1, 0.15) is 5.82 Å². The highest BCUT2D eigenvalue weighted by molar-refractivity contribution is 5.84. The van der Waals surface area contributed by atoms with E-state index in [1.54, 1.807) is 0 Å². The lowest BCUT2D eigenvalue weighted by atomic mass is 9.73. The number of hydrogen-bond acceptors (Lipinski definition) is 4. The van der Waals surface area contributed by atoms with Gasteiger partial charge in [0.2, 0.25) is 5.91 Å². The summed E-state index contributed by atoms with van der Waals surface area (Å²) in [7, 11) is 4.00. The maximum Gasteiger partial charge on any atom is 0.229 e. The molecular formula is C24H31N3O2. The lowest BCUT2D eigenvalue weighted by Gasteiger charge is -2.40. The number of rotatable bonds is 5. The average molecular weight is 394 g/mol. The Balaban J connectivity index is 1.62. The second kappa shape index (κ2) is 8.54. The molecule has 154 valence electrons. The van der Waals surface area contributed by atoms with Crippen LogP contribution in [0, 0.1) is 5.41 Å². The molecule has 29 heavy (non-hydrogen) atoms. The summed E-state index contributed by atoms with van der Waals surface area (Å²) < 4.78 is 5.64. The molecule has 5 nitrogen and oxygen atoms in total. The van der Waals surface area contributed by atoms with Crippen LogP contribution in [0.3, 0.4) is 0 Å². The van der Waals surface area contributed by atoms with Crippen molar-refractivity contribution in [3.63, 3.8) is 0 Å². The van der Waals surface area contributed by atoms with E-state index in [9.17, 15) is 4.79 Å². The fraction of sp³-hybridized carbons (Fsp3) is 0.500. The lowest BCUT2D eigenvalue weighted by Crippen LogP contribution is -2.48. The van der Waals surface area contributed by atoms with Gasteiger partial charge in [0.25, 0.3) is 0 Å². The zero-order valence-electron chi connectivity index (χ0n) is 17.5. The number of likely N-dealkylation sites (tertiary alicyclic amines) is 1. The van der Waals surface area contributed by atoms with Crippen LogP contribution in [0.15, 0.2) is 48.7 Å². The molecular weight excluding hydrogens is 362 g/mol. The van der Waals surface area contributed by atoms with Crippen molar-refractivity contribution in [3.05, 3.63) is 59.8 Å². The highest BCUT2D eigenvalue weighted by Crippen LogP contribution is 2.42. The topological polar surface area (TPSA) is 45.7 Å². The molecule has 0 spiro atoms. The minimum atomic E-state index is -0.362. The number of anilines is 1. The Morgan fingerprint density at radius 3 is 2.69 bits per heavy atom. The largest absolute Gasteiger partial charge is 0.381 e. The molecule has 1 aromatic heterocycles. The number of hydrogen-bond donors (Lipinski definition) is 0. The minimum Gasteiger partial charge on any atom is -0.381 e. The van der Waals surface area contributed by atoms with Crippen LogP contribution in [0.1, 0.15) is 42.9 Å². The third kappa shape index (κ3) is 4.15. The van der Waals surface area contributed by atoms with Crippen molar-refractivity contribution < 1.29 is 9.53 Å². The van der Waals surface area contributed by atoms with Gasteiger partial charge >= 0.3 is 0 Å². The number of carbonyl (C=O) groups excluding carboxylic acids is 1. The van der Waals surface area contributed by atoms with E-state index >= 15 is 0 Å². The maximum absolute atomic E-state index is 14.0. The van der Waals surface area contributed by atoms with Crippen LogP contribution in [0.4, 0.5) is 5.82 Å². The molecule has 2 saturated heterocycles. The first-order valence-electron chi connectivity index (χ1n) is 10.7. The number of benzene rings is 1. The summed E-state index contributed by atoms with van der Waals surface area (Å²) in [5, 5.41) is 0. The van der Waals surface area contributed by atoms with Crippen molar-refractivity contribution in [1.82, 2.24) is 9.88 Å². The summed E-state index contributed by atoms with van der Waals surface area (Å²) in [6.45, 7) is 2.16. The second-order valence-electron chi connectivity index (χ2n) is 8.55. The number of aromatic nitrogens is 1. The first kappa shape index (κ1) is 19.9. The molecule has 1 atom stereocenters.